The Morgan fingerprint density at radius 3 is 2.52 bits per heavy atom. The molecule has 2 heterocycles. The van der Waals surface area contributed by atoms with Crippen molar-refractivity contribution in [2.45, 2.75) is 64.5 Å². The van der Waals surface area contributed by atoms with Crippen LogP contribution in [0.5, 0.6) is 5.88 Å². The quantitative estimate of drug-likeness (QED) is 0.159. The number of nitrogens with zero attached hydrogens (tertiary/aromatic N) is 5. The number of aliphatic hydroxyl groups excluding tert-OH is 1. The van der Waals surface area contributed by atoms with Crippen molar-refractivity contribution >= 4 is 42.1 Å². The summed E-state index contributed by atoms with van der Waals surface area (Å²) in [5.41, 5.74) is -2.74. The summed E-state index contributed by atoms with van der Waals surface area (Å²) in [6.07, 6.45) is 2.54. The van der Waals surface area contributed by atoms with Gasteiger partial charge in [-0.05, 0) is 57.5 Å². The monoisotopic (exact) mass is 707 g/mol. The molecule has 2 aromatic rings. The zero-order valence-corrected chi connectivity index (χ0v) is 30.3. The van der Waals surface area contributed by atoms with Crippen molar-refractivity contribution in [2.75, 3.05) is 39.4 Å². The van der Waals surface area contributed by atoms with Gasteiger partial charge in [-0.2, -0.15) is 0 Å². The fourth-order valence-electron chi connectivity index (χ4n) is 4.31. The molecule has 0 bridgehead atoms. The molecule has 1 N–H and O–H groups in total. The maximum atomic E-state index is 15.5. The van der Waals surface area contributed by atoms with Crippen molar-refractivity contribution in [3.63, 3.8) is 0 Å². The molecule has 1 atom stereocenters. The van der Waals surface area contributed by atoms with Crippen LogP contribution in [0.1, 0.15) is 44.5 Å². The van der Waals surface area contributed by atoms with E-state index in [0.29, 0.717) is 6.61 Å². The predicted octanol–water partition coefficient (Wildman–Crippen LogP) is 4.85. The minimum atomic E-state index is -4.16. The highest BCUT2D eigenvalue weighted by molar-refractivity contribution is 7.89. The normalized spacial score (nSPS) is 18.0. The van der Waals surface area contributed by atoms with E-state index in [0.717, 1.165) is 33.6 Å². The van der Waals surface area contributed by atoms with Crippen LogP contribution in [0.15, 0.2) is 35.6 Å². The first kappa shape index (κ1) is 38.5. The van der Waals surface area contributed by atoms with Gasteiger partial charge in [-0.15, -0.1) is 0 Å². The fourth-order valence-corrected chi connectivity index (χ4v) is 6.58. The van der Waals surface area contributed by atoms with Gasteiger partial charge in [-0.1, -0.05) is 37.5 Å². The number of amides is 1. The number of carbonyl (C=O) groups is 1. The Balaban J connectivity index is 2.01. The van der Waals surface area contributed by atoms with E-state index in [2.05, 4.69) is 46.4 Å². The summed E-state index contributed by atoms with van der Waals surface area (Å²) >= 11 is 0. The Bertz CT molecular complexity index is 1700. The number of halogens is 2. The van der Waals surface area contributed by atoms with Crippen LogP contribution in [-0.2, 0) is 25.0 Å². The molecule has 262 valence electrons. The molecule has 0 radical (unpaired) electrons. The fraction of sp³-hybridized carbons (Fsp3) is 0.500. The van der Waals surface area contributed by atoms with Gasteiger partial charge in [0.25, 0.3) is 0 Å². The van der Waals surface area contributed by atoms with E-state index >= 15 is 8.78 Å². The lowest BCUT2D eigenvalue weighted by Gasteiger charge is -2.39. The van der Waals surface area contributed by atoms with E-state index in [4.69, 9.17) is 19.3 Å². The average molecular weight is 708 g/mol. The molecular weight excluding hydrogens is 665 g/mol. The van der Waals surface area contributed by atoms with Crippen molar-refractivity contribution in [2.24, 2.45) is 4.99 Å². The molecule has 0 unspecified atom stereocenters. The molecule has 0 saturated carbocycles. The summed E-state index contributed by atoms with van der Waals surface area (Å²) in [5, 5.41) is 8.70. The van der Waals surface area contributed by atoms with Crippen molar-refractivity contribution in [1.82, 2.24) is 19.2 Å². The van der Waals surface area contributed by atoms with Crippen LogP contribution in [-0.4, -0.2) is 97.8 Å². The highest BCUT2D eigenvalue weighted by Gasteiger charge is 2.45. The van der Waals surface area contributed by atoms with Crippen LogP contribution in [0.25, 0.3) is 11.9 Å². The first-order valence-electron chi connectivity index (χ1n) is 15.1. The lowest BCUT2D eigenvalue weighted by molar-refractivity contribution is 0.00806. The minimum Gasteiger partial charge on any atom is -0.463 e. The number of sulfonamides is 1. The number of aliphatic imine (C=N–C) groups is 1. The molecular formula is C32H43F2N5O7SSi. The SMILES string of the molecule is CN1C(N(COCC[Si](C)(C)C)C(=O)OC(C)(C)C)=N[C@](C)(c2cc(/C=C(\F)c3cnc(OCC#CCO)cn3)ccc2F)CS1(=O)=O. The molecule has 3 rings (SSSR count). The third-order valence-corrected chi connectivity index (χ3v) is 10.4. The summed E-state index contributed by atoms with van der Waals surface area (Å²) in [5.74, 6) is 2.54. The van der Waals surface area contributed by atoms with Crippen molar-refractivity contribution in [3.8, 4) is 17.7 Å². The van der Waals surface area contributed by atoms with Gasteiger partial charge in [-0.3, -0.25) is 0 Å². The number of carbonyl (C=O) groups excluding carboxylic acids is 1. The van der Waals surface area contributed by atoms with Crippen molar-refractivity contribution in [1.29, 1.82) is 0 Å². The van der Waals surface area contributed by atoms with E-state index in [-0.39, 0.29) is 48.6 Å². The second kappa shape index (κ2) is 15.5. The standard InChI is InChI=1S/C32H43F2N5O7SSi/c1-31(2,3)46-30(41)39(22-44-15-16-48(6,7)8)29-37-32(4,21-47(42,43)38(29)5)24-17-23(11-12-25(24)33)18-26(34)27-19-36-28(20-35-27)45-14-10-9-13-40/h11-12,17-20,40H,13-16,21-22H2,1-8H3/b26-18-/t32-/m0/s1. The first-order valence-corrected chi connectivity index (χ1v) is 20.4. The van der Waals surface area contributed by atoms with Crippen LogP contribution >= 0.6 is 0 Å². The Labute approximate surface area is 281 Å². The average Bonchev–Trinajstić information content (AvgIpc) is 2.97. The molecule has 1 amide bonds. The van der Waals surface area contributed by atoms with Gasteiger partial charge < -0.3 is 19.3 Å². The summed E-state index contributed by atoms with van der Waals surface area (Å²) in [6.45, 7) is 12.5. The molecule has 0 saturated heterocycles. The van der Waals surface area contributed by atoms with Crippen molar-refractivity contribution in [3.05, 3.63) is 53.2 Å². The van der Waals surface area contributed by atoms with Crippen LogP contribution in [0.3, 0.4) is 0 Å². The molecule has 1 aromatic heterocycles. The lowest BCUT2D eigenvalue weighted by Crippen LogP contribution is -2.56. The van der Waals surface area contributed by atoms with Gasteiger partial charge in [0.05, 0.1) is 18.1 Å². The van der Waals surface area contributed by atoms with Gasteiger partial charge in [0.1, 0.15) is 36.0 Å². The molecule has 16 heteroatoms. The van der Waals surface area contributed by atoms with Crippen LogP contribution < -0.4 is 4.74 Å². The smallest absolute Gasteiger partial charge is 0.419 e. The van der Waals surface area contributed by atoms with E-state index in [1.165, 1.54) is 32.3 Å². The Morgan fingerprint density at radius 2 is 1.92 bits per heavy atom. The Morgan fingerprint density at radius 1 is 1.21 bits per heavy atom. The third-order valence-electron chi connectivity index (χ3n) is 6.81. The van der Waals surface area contributed by atoms with Gasteiger partial charge >= 0.3 is 6.09 Å². The molecule has 1 aliphatic heterocycles. The number of rotatable bonds is 10. The number of hydrogen-bond donors (Lipinski definition) is 1. The predicted molar refractivity (Wildman–Crippen MR) is 181 cm³/mol. The van der Waals surface area contributed by atoms with E-state index < -0.39 is 52.7 Å². The second-order valence-electron chi connectivity index (χ2n) is 13.4. The maximum absolute atomic E-state index is 15.5. The molecule has 0 fully saturated rings. The lowest BCUT2D eigenvalue weighted by atomic mass is 9.92. The van der Waals surface area contributed by atoms with Crippen LogP contribution in [0.4, 0.5) is 13.6 Å². The zero-order chi connectivity index (χ0) is 35.9. The summed E-state index contributed by atoms with van der Waals surface area (Å²) in [7, 11) is -4.39. The van der Waals surface area contributed by atoms with E-state index in [9.17, 15) is 13.2 Å². The molecule has 1 aromatic carbocycles. The highest BCUT2D eigenvalue weighted by Crippen LogP contribution is 2.36. The summed E-state index contributed by atoms with van der Waals surface area (Å²) in [4.78, 5) is 27.0. The Kier molecular flexibility index (Phi) is 12.5. The number of hydrogen-bond acceptors (Lipinski definition) is 10. The first-order chi connectivity index (χ1) is 22.2. The molecule has 0 aliphatic carbocycles. The Hall–Kier alpha value is -3.91. The maximum Gasteiger partial charge on any atom is 0.419 e. The highest BCUT2D eigenvalue weighted by atomic mass is 32.2. The van der Waals surface area contributed by atoms with Crippen LogP contribution in [0.2, 0.25) is 25.7 Å². The van der Waals surface area contributed by atoms with E-state index in [1.54, 1.807) is 20.8 Å². The second-order valence-corrected chi connectivity index (χ2v) is 21.1. The largest absolute Gasteiger partial charge is 0.463 e. The third kappa shape index (κ3) is 10.8. The van der Waals surface area contributed by atoms with Gasteiger partial charge in [-0.25, -0.2) is 46.2 Å². The molecule has 12 nitrogen and oxygen atoms in total. The number of ether oxygens (including phenoxy) is 3. The summed E-state index contributed by atoms with van der Waals surface area (Å²) in [6, 6.07) is 4.49. The van der Waals surface area contributed by atoms with Gasteiger partial charge in [0.15, 0.2) is 12.4 Å². The van der Waals surface area contributed by atoms with Gasteiger partial charge in [0, 0.05) is 27.3 Å². The van der Waals surface area contributed by atoms with Crippen LogP contribution in [0, 0.1) is 17.7 Å². The molecule has 1 aliphatic rings. The summed E-state index contributed by atoms with van der Waals surface area (Å²) < 4.78 is 75.3. The number of benzene rings is 1. The van der Waals surface area contributed by atoms with Crippen molar-refractivity contribution < 1.29 is 41.3 Å². The molecule has 0 spiro atoms. The van der Waals surface area contributed by atoms with E-state index in [1.807, 2.05) is 0 Å². The molecule has 48 heavy (non-hydrogen) atoms. The number of aromatic nitrogens is 2. The zero-order valence-electron chi connectivity index (χ0n) is 28.5. The minimum absolute atomic E-state index is 0.0408. The van der Waals surface area contributed by atoms with Gasteiger partial charge in [0.2, 0.25) is 21.9 Å². The topological polar surface area (TPSA) is 144 Å². The number of guanidine groups is 1. The number of aliphatic hydroxyl groups is 1.